The van der Waals surface area contributed by atoms with Gasteiger partial charge in [0.2, 0.25) is 0 Å². The number of ether oxygens (including phenoxy) is 1. The average molecular weight is 256 g/mol. The second-order valence-electron chi connectivity index (χ2n) is 4.48. The summed E-state index contributed by atoms with van der Waals surface area (Å²) >= 11 is 0. The summed E-state index contributed by atoms with van der Waals surface area (Å²) in [6, 6.07) is 12.3. The first-order valence-electron chi connectivity index (χ1n) is 6.64. The van der Waals surface area contributed by atoms with Crippen LogP contribution in [0.3, 0.4) is 0 Å². The molecule has 0 spiro atoms. The molecule has 0 radical (unpaired) electrons. The molecule has 100 valence electrons. The van der Waals surface area contributed by atoms with Crippen molar-refractivity contribution in [3.63, 3.8) is 0 Å². The summed E-state index contributed by atoms with van der Waals surface area (Å²) in [5.41, 5.74) is 2.58. The van der Waals surface area contributed by atoms with Crippen LogP contribution >= 0.6 is 0 Å². The average Bonchev–Trinajstić information content (AvgIpc) is 2.47. The summed E-state index contributed by atoms with van der Waals surface area (Å²) in [4.78, 5) is 4.01. The molecule has 1 aromatic heterocycles. The van der Waals surface area contributed by atoms with E-state index in [2.05, 4.69) is 22.4 Å². The van der Waals surface area contributed by atoms with Crippen LogP contribution in [0.2, 0.25) is 0 Å². The highest BCUT2D eigenvalue weighted by atomic mass is 16.5. The summed E-state index contributed by atoms with van der Waals surface area (Å²) in [5, 5.41) is 3.13. The molecule has 0 unspecified atom stereocenters. The molecule has 0 atom stereocenters. The van der Waals surface area contributed by atoms with Gasteiger partial charge in [-0.15, -0.1) is 0 Å². The van der Waals surface area contributed by atoms with Crippen LogP contribution in [0.15, 0.2) is 48.8 Å². The summed E-state index contributed by atoms with van der Waals surface area (Å²) in [5.74, 6) is 0.939. The summed E-state index contributed by atoms with van der Waals surface area (Å²) in [7, 11) is 1.95. The molecule has 0 amide bonds. The lowest BCUT2D eigenvalue weighted by Gasteiger charge is -2.07. The summed E-state index contributed by atoms with van der Waals surface area (Å²) < 4.78 is 5.72. The monoisotopic (exact) mass is 256 g/mol. The van der Waals surface area contributed by atoms with Gasteiger partial charge in [-0.1, -0.05) is 12.1 Å². The number of aryl methyl sites for hydroxylation is 1. The molecular formula is C16H20N2O. The maximum atomic E-state index is 5.72. The lowest BCUT2D eigenvalue weighted by Crippen LogP contribution is -2.05. The lowest BCUT2D eigenvalue weighted by atomic mass is 10.1. The van der Waals surface area contributed by atoms with Crippen LogP contribution in [-0.4, -0.2) is 18.6 Å². The van der Waals surface area contributed by atoms with Crippen LogP contribution in [0.5, 0.6) is 5.75 Å². The van der Waals surface area contributed by atoms with Crippen LogP contribution in [0.1, 0.15) is 17.5 Å². The highest BCUT2D eigenvalue weighted by molar-refractivity contribution is 5.27. The number of nitrogens with zero attached hydrogens (tertiary/aromatic N) is 1. The number of hydrogen-bond acceptors (Lipinski definition) is 3. The van der Waals surface area contributed by atoms with Crippen molar-refractivity contribution >= 4 is 0 Å². The molecule has 3 heteroatoms. The zero-order chi connectivity index (χ0) is 13.3. The van der Waals surface area contributed by atoms with Gasteiger partial charge in [-0.05, 0) is 55.3 Å². The first-order valence-corrected chi connectivity index (χ1v) is 6.64. The van der Waals surface area contributed by atoms with Crippen LogP contribution in [-0.2, 0) is 13.0 Å². The Morgan fingerprint density at radius 3 is 2.42 bits per heavy atom. The molecule has 2 rings (SSSR count). The van der Waals surface area contributed by atoms with E-state index < -0.39 is 0 Å². The SMILES string of the molecule is CNCc1ccc(OCCCc2ccncc2)cc1. The summed E-state index contributed by atoms with van der Waals surface area (Å²) in [6.45, 7) is 1.63. The van der Waals surface area contributed by atoms with E-state index in [9.17, 15) is 0 Å². The van der Waals surface area contributed by atoms with Crippen LogP contribution in [0.25, 0.3) is 0 Å². The number of rotatable bonds is 7. The number of aromatic nitrogens is 1. The highest BCUT2D eigenvalue weighted by Crippen LogP contribution is 2.12. The first kappa shape index (κ1) is 13.6. The molecule has 0 bridgehead atoms. The van der Waals surface area contributed by atoms with Gasteiger partial charge in [0, 0.05) is 18.9 Å². The van der Waals surface area contributed by atoms with Gasteiger partial charge in [-0.25, -0.2) is 0 Å². The third kappa shape index (κ3) is 4.72. The summed E-state index contributed by atoms with van der Waals surface area (Å²) in [6.07, 6.45) is 5.70. The Kier molecular flexibility index (Phi) is 5.38. The second kappa shape index (κ2) is 7.54. The Bertz CT molecular complexity index is 468. The normalized spacial score (nSPS) is 10.4. The Hall–Kier alpha value is -1.87. The van der Waals surface area contributed by atoms with Gasteiger partial charge in [-0.2, -0.15) is 0 Å². The molecule has 0 saturated carbocycles. The van der Waals surface area contributed by atoms with Gasteiger partial charge in [0.15, 0.2) is 0 Å². The van der Waals surface area contributed by atoms with Crippen molar-refractivity contribution in [2.24, 2.45) is 0 Å². The third-order valence-electron chi connectivity index (χ3n) is 2.93. The Morgan fingerprint density at radius 1 is 1.00 bits per heavy atom. The van der Waals surface area contributed by atoms with Crippen molar-refractivity contribution < 1.29 is 4.74 Å². The Morgan fingerprint density at radius 2 is 1.74 bits per heavy atom. The predicted octanol–water partition coefficient (Wildman–Crippen LogP) is 2.81. The van der Waals surface area contributed by atoms with Crippen LogP contribution in [0.4, 0.5) is 0 Å². The smallest absolute Gasteiger partial charge is 0.119 e. The third-order valence-corrected chi connectivity index (χ3v) is 2.93. The van der Waals surface area contributed by atoms with Gasteiger partial charge < -0.3 is 10.1 Å². The quantitative estimate of drug-likeness (QED) is 0.773. The van der Waals surface area contributed by atoms with Crippen molar-refractivity contribution in [1.29, 1.82) is 0 Å². The molecular weight excluding hydrogens is 236 g/mol. The highest BCUT2D eigenvalue weighted by Gasteiger charge is 1.96. The fourth-order valence-corrected chi connectivity index (χ4v) is 1.92. The minimum atomic E-state index is 0.744. The first-order chi connectivity index (χ1) is 9.38. The minimum absolute atomic E-state index is 0.744. The second-order valence-corrected chi connectivity index (χ2v) is 4.48. The van der Waals surface area contributed by atoms with E-state index in [4.69, 9.17) is 4.74 Å². The van der Waals surface area contributed by atoms with Gasteiger partial charge in [0.05, 0.1) is 6.61 Å². The van der Waals surface area contributed by atoms with Crippen LogP contribution in [0, 0.1) is 0 Å². The zero-order valence-corrected chi connectivity index (χ0v) is 11.3. The van der Waals surface area contributed by atoms with Crippen molar-refractivity contribution in [2.45, 2.75) is 19.4 Å². The predicted molar refractivity (Wildman–Crippen MR) is 77.3 cm³/mol. The largest absolute Gasteiger partial charge is 0.494 e. The molecule has 0 aliphatic carbocycles. The van der Waals surface area contributed by atoms with E-state index in [0.29, 0.717) is 0 Å². The van der Waals surface area contributed by atoms with E-state index in [-0.39, 0.29) is 0 Å². The lowest BCUT2D eigenvalue weighted by molar-refractivity contribution is 0.311. The van der Waals surface area contributed by atoms with E-state index in [1.807, 2.05) is 43.7 Å². The molecule has 3 nitrogen and oxygen atoms in total. The number of pyridine rings is 1. The molecule has 1 heterocycles. The van der Waals surface area contributed by atoms with Crippen molar-refractivity contribution in [1.82, 2.24) is 10.3 Å². The molecule has 19 heavy (non-hydrogen) atoms. The van der Waals surface area contributed by atoms with Gasteiger partial charge in [0.25, 0.3) is 0 Å². The molecule has 0 aliphatic heterocycles. The maximum Gasteiger partial charge on any atom is 0.119 e. The van der Waals surface area contributed by atoms with Gasteiger partial charge in [-0.3, -0.25) is 4.98 Å². The fraction of sp³-hybridized carbons (Fsp3) is 0.312. The zero-order valence-electron chi connectivity index (χ0n) is 11.3. The number of nitrogens with one attached hydrogen (secondary N) is 1. The molecule has 0 saturated heterocycles. The van der Waals surface area contributed by atoms with Crippen molar-refractivity contribution in [2.75, 3.05) is 13.7 Å². The van der Waals surface area contributed by atoms with Gasteiger partial charge >= 0.3 is 0 Å². The standard InChI is InChI=1S/C16H20N2O/c1-17-13-15-4-6-16(7-5-15)19-12-2-3-14-8-10-18-11-9-14/h4-11,17H,2-3,12-13H2,1H3. The van der Waals surface area contributed by atoms with Crippen molar-refractivity contribution in [3.05, 3.63) is 59.9 Å². The molecule has 2 aromatic rings. The topological polar surface area (TPSA) is 34.1 Å². The number of hydrogen-bond donors (Lipinski definition) is 1. The van der Waals surface area contributed by atoms with E-state index in [1.165, 1.54) is 11.1 Å². The molecule has 1 aromatic carbocycles. The van der Waals surface area contributed by atoms with Crippen LogP contribution < -0.4 is 10.1 Å². The van der Waals surface area contributed by atoms with E-state index in [1.54, 1.807) is 0 Å². The number of benzene rings is 1. The van der Waals surface area contributed by atoms with E-state index in [0.717, 1.165) is 31.7 Å². The molecule has 0 aliphatic rings. The minimum Gasteiger partial charge on any atom is -0.494 e. The molecule has 0 fully saturated rings. The van der Waals surface area contributed by atoms with Gasteiger partial charge in [0.1, 0.15) is 5.75 Å². The van der Waals surface area contributed by atoms with E-state index >= 15 is 0 Å². The Labute approximate surface area is 114 Å². The molecule has 1 N–H and O–H groups in total. The maximum absolute atomic E-state index is 5.72. The fourth-order valence-electron chi connectivity index (χ4n) is 1.92. The van der Waals surface area contributed by atoms with Crippen molar-refractivity contribution in [3.8, 4) is 5.75 Å². The Balaban J connectivity index is 1.70.